The summed E-state index contributed by atoms with van der Waals surface area (Å²) < 4.78 is 15.6. The van der Waals surface area contributed by atoms with Crippen LogP contribution in [0.15, 0.2) is 42.9 Å². The molecular formula is C21H25FN6O. The molecule has 1 aliphatic rings. The maximum atomic E-state index is 13.4. The standard InChI is InChI=1S/C21H25FN6O/c1-24-20-25-11-8-17(27-20)19-18(14-2-4-15(22)5-3-14)26-13-28(19)16-6-9-21(29,12-23)10-7-16/h2-5,8,11,13,16,29H,6-7,9-10,12,23H2,1H3,(H,24,25,27). The lowest BCUT2D eigenvalue weighted by Crippen LogP contribution is -2.41. The van der Waals surface area contributed by atoms with E-state index in [1.807, 2.05) is 12.4 Å². The Labute approximate surface area is 168 Å². The summed E-state index contributed by atoms with van der Waals surface area (Å²) in [6.07, 6.45) is 6.39. The van der Waals surface area contributed by atoms with Gasteiger partial charge in [0.15, 0.2) is 0 Å². The number of nitrogens with one attached hydrogen (secondary N) is 1. The van der Waals surface area contributed by atoms with Gasteiger partial charge in [-0.25, -0.2) is 19.3 Å². The van der Waals surface area contributed by atoms with Crippen molar-refractivity contribution in [2.24, 2.45) is 5.73 Å². The minimum Gasteiger partial charge on any atom is -0.389 e. The highest BCUT2D eigenvalue weighted by molar-refractivity contribution is 5.77. The number of hydrogen-bond acceptors (Lipinski definition) is 6. The van der Waals surface area contributed by atoms with Crippen molar-refractivity contribution < 1.29 is 9.50 Å². The molecule has 0 amide bonds. The van der Waals surface area contributed by atoms with Crippen LogP contribution in [-0.2, 0) is 0 Å². The highest BCUT2D eigenvalue weighted by atomic mass is 19.1. The van der Waals surface area contributed by atoms with Gasteiger partial charge in [0.1, 0.15) is 5.82 Å². The fraction of sp³-hybridized carbons (Fsp3) is 0.381. The van der Waals surface area contributed by atoms with Gasteiger partial charge in [-0.2, -0.15) is 0 Å². The van der Waals surface area contributed by atoms with E-state index in [0.29, 0.717) is 18.8 Å². The van der Waals surface area contributed by atoms with E-state index in [1.165, 1.54) is 12.1 Å². The number of imidazole rings is 1. The Morgan fingerprint density at radius 3 is 2.59 bits per heavy atom. The lowest BCUT2D eigenvalue weighted by Gasteiger charge is -2.36. The zero-order valence-electron chi connectivity index (χ0n) is 16.3. The maximum absolute atomic E-state index is 13.4. The number of aliphatic hydroxyl groups is 1. The van der Waals surface area contributed by atoms with Crippen molar-refractivity contribution in [3.8, 4) is 22.6 Å². The summed E-state index contributed by atoms with van der Waals surface area (Å²) in [6, 6.07) is 8.32. The summed E-state index contributed by atoms with van der Waals surface area (Å²) in [5.74, 6) is 0.226. The molecule has 4 N–H and O–H groups in total. The molecule has 1 fully saturated rings. The monoisotopic (exact) mass is 396 g/mol. The first kappa shape index (κ1) is 19.5. The van der Waals surface area contributed by atoms with Crippen LogP contribution in [0, 0.1) is 5.82 Å². The fourth-order valence-corrected chi connectivity index (χ4v) is 3.94. The molecule has 2 aromatic heterocycles. The van der Waals surface area contributed by atoms with E-state index in [9.17, 15) is 9.50 Å². The molecule has 0 atom stereocenters. The van der Waals surface area contributed by atoms with E-state index in [4.69, 9.17) is 5.73 Å². The second-order valence-electron chi connectivity index (χ2n) is 7.53. The van der Waals surface area contributed by atoms with Crippen LogP contribution in [0.3, 0.4) is 0 Å². The van der Waals surface area contributed by atoms with Crippen LogP contribution in [0.2, 0.25) is 0 Å². The molecule has 0 aliphatic heterocycles. The zero-order valence-corrected chi connectivity index (χ0v) is 16.3. The first-order valence-electron chi connectivity index (χ1n) is 9.79. The third kappa shape index (κ3) is 3.86. The van der Waals surface area contributed by atoms with Crippen LogP contribution in [-0.4, -0.2) is 43.8 Å². The summed E-state index contributed by atoms with van der Waals surface area (Å²) in [7, 11) is 1.77. The number of benzene rings is 1. The predicted molar refractivity (Wildman–Crippen MR) is 110 cm³/mol. The van der Waals surface area contributed by atoms with Crippen LogP contribution in [0.4, 0.5) is 10.3 Å². The summed E-state index contributed by atoms with van der Waals surface area (Å²) in [4.78, 5) is 13.5. The van der Waals surface area contributed by atoms with Gasteiger partial charge in [-0.15, -0.1) is 0 Å². The van der Waals surface area contributed by atoms with E-state index >= 15 is 0 Å². The molecule has 0 radical (unpaired) electrons. The van der Waals surface area contributed by atoms with Gasteiger partial charge in [0.25, 0.3) is 0 Å². The van der Waals surface area contributed by atoms with E-state index in [2.05, 4.69) is 24.8 Å². The van der Waals surface area contributed by atoms with Gasteiger partial charge in [0, 0.05) is 31.4 Å². The van der Waals surface area contributed by atoms with E-state index in [-0.39, 0.29) is 18.4 Å². The van der Waals surface area contributed by atoms with Crippen molar-refractivity contribution >= 4 is 5.95 Å². The number of nitrogens with two attached hydrogens (primary N) is 1. The molecular weight excluding hydrogens is 371 g/mol. The van der Waals surface area contributed by atoms with Crippen LogP contribution in [0.1, 0.15) is 31.7 Å². The average Bonchev–Trinajstić information content (AvgIpc) is 3.20. The zero-order chi connectivity index (χ0) is 20.4. The number of aromatic nitrogens is 4. The molecule has 2 heterocycles. The van der Waals surface area contributed by atoms with Gasteiger partial charge in [-0.3, -0.25) is 0 Å². The fourth-order valence-electron chi connectivity index (χ4n) is 3.94. The number of halogens is 1. The van der Waals surface area contributed by atoms with Crippen LogP contribution in [0.5, 0.6) is 0 Å². The predicted octanol–water partition coefficient (Wildman–Crippen LogP) is 2.99. The summed E-state index contributed by atoms with van der Waals surface area (Å²) in [6.45, 7) is 0.273. The SMILES string of the molecule is CNc1nccc(-c2c(-c3ccc(F)cc3)ncn2C2CCC(O)(CN)CC2)n1. The summed E-state index contributed by atoms with van der Waals surface area (Å²) in [5.41, 5.74) is 8.11. The van der Waals surface area contributed by atoms with Gasteiger partial charge in [0.2, 0.25) is 5.95 Å². The Morgan fingerprint density at radius 2 is 1.93 bits per heavy atom. The Bertz CT molecular complexity index is 979. The molecule has 1 aromatic carbocycles. The van der Waals surface area contributed by atoms with Crippen molar-refractivity contribution in [1.29, 1.82) is 0 Å². The van der Waals surface area contributed by atoms with Gasteiger partial charge in [0.05, 0.1) is 29.0 Å². The van der Waals surface area contributed by atoms with E-state index < -0.39 is 5.60 Å². The van der Waals surface area contributed by atoms with Crippen molar-refractivity contribution in [3.05, 3.63) is 48.7 Å². The molecule has 0 spiro atoms. The quantitative estimate of drug-likeness (QED) is 0.613. The Morgan fingerprint density at radius 1 is 1.21 bits per heavy atom. The number of anilines is 1. The smallest absolute Gasteiger partial charge is 0.222 e. The van der Waals surface area contributed by atoms with Crippen LogP contribution >= 0.6 is 0 Å². The van der Waals surface area contributed by atoms with Crippen molar-refractivity contribution in [2.45, 2.75) is 37.3 Å². The van der Waals surface area contributed by atoms with Crippen LogP contribution in [0.25, 0.3) is 22.6 Å². The topological polar surface area (TPSA) is 102 Å². The van der Waals surface area contributed by atoms with E-state index in [0.717, 1.165) is 35.5 Å². The highest BCUT2D eigenvalue weighted by Gasteiger charge is 2.34. The maximum Gasteiger partial charge on any atom is 0.222 e. The minimum atomic E-state index is -0.786. The molecule has 29 heavy (non-hydrogen) atoms. The minimum absolute atomic E-state index is 0.173. The molecule has 4 rings (SSSR count). The first-order valence-corrected chi connectivity index (χ1v) is 9.79. The molecule has 152 valence electrons. The first-order chi connectivity index (χ1) is 14.0. The molecule has 0 unspecified atom stereocenters. The second-order valence-corrected chi connectivity index (χ2v) is 7.53. The van der Waals surface area contributed by atoms with Crippen molar-refractivity contribution in [3.63, 3.8) is 0 Å². The van der Waals surface area contributed by atoms with Gasteiger partial charge in [-0.1, -0.05) is 0 Å². The number of nitrogens with zero attached hydrogens (tertiary/aromatic N) is 4. The van der Waals surface area contributed by atoms with Crippen molar-refractivity contribution in [1.82, 2.24) is 19.5 Å². The summed E-state index contributed by atoms with van der Waals surface area (Å²) >= 11 is 0. The number of rotatable bonds is 5. The average molecular weight is 396 g/mol. The molecule has 7 nitrogen and oxygen atoms in total. The molecule has 3 aromatic rings. The molecule has 0 saturated heterocycles. The Balaban J connectivity index is 1.78. The van der Waals surface area contributed by atoms with Gasteiger partial charge in [-0.05, 0) is 56.0 Å². The lowest BCUT2D eigenvalue weighted by atomic mass is 9.82. The third-order valence-electron chi connectivity index (χ3n) is 5.69. The second kappa shape index (κ2) is 7.88. The third-order valence-corrected chi connectivity index (χ3v) is 5.69. The summed E-state index contributed by atoms with van der Waals surface area (Å²) in [5, 5.41) is 13.5. The van der Waals surface area contributed by atoms with E-state index in [1.54, 1.807) is 25.4 Å². The normalized spacial score (nSPS) is 21.9. The number of hydrogen-bond donors (Lipinski definition) is 3. The lowest BCUT2D eigenvalue weighted by molar-refractivity contribution is 0.000999. The van der Waals surface area contributed by atoms with Crippen molar-refractivity contribution in [2.75, 3.05) is 18.9 Å². The van der Waals surface area contributed by atoms with Gasteiger partial charge >= 0.3 is 0 Å². The molecule has 1 aliphatic carbocycles. The Hall–Kier alpha value is -2.84. The van der Waals surface area contributed by atoms with Gasteiger partial charge < -0.3 is 20.7 Å². The van der Waals surface area contributed by atoms with Crippen LogP contribution < -0.4 is 11.1 Å². The molecule has 0 bridgehead atoms. The largest absolute Gasteiger partial charge is 0.389 e. The molecule has 1 saturated carbocycles. The molecule has 8 heteroatoms. The Kier molecular flexibility index (Phi) is 5.29. The highest BCUT2D eigenvalue weighted by Crippen LogP contribution is 2.39.